The van der Waals surface area contributed by atoms with Crippen molar-refractivity contribution in [3.8, 4) is 17.5 Å². The van der Waals surface area contributed by atoms with E-state index in [4.69, 9.17) is 10.4 Å². The van der Waals surface area contributed by atoms with Crippen molar-refractivity contribution in [2.24, 2.45) is 4.99 Å². The van der Waals surface area contributed by atoms with Crippen LogP contribution in [0.25, 0.3) is 22.3 Å². The molecule has 7 nitrogen and oxygen atoms in total. The third-order valence-electron chi connectivity index (χ3n) is 6.97. The van der Waals surface area contributed by atoms with E-state index in [0.717, 1.165) is 59.5 Å². The number of para-hydroxylation sites is 1. The van der Waals surface area contributed by atoms with Crippen LogP contribution in [0.15, 0.2) is 47.6 Å². The Kier molecular flexibility index (Phi) is 6.53. The van der Waals surface area contributed by atoms with Crippen LogP contribution in [0, 0.1) is 17.3 Å². The number of amides is 1. The lowest BCUT2D eigenvalue weighted by atomic mass is 10.0. The molecule has 1 saturated heterocycles. The highest BCUT2D eigenvalue weighted by Gasteiger charge is 2.34. The number of carbonyl (C=O) groups is 1. The number of hydrogen-bond donors (Lipinski definition) is 2. The lowest BCUT2D eigenvalue weighted by molar-refractivity contribution is 0.0726. The summed E-state index contributed by atoms with van der Waals surface area (Å²) in [6, 6.07) is 11.8. The van der Waals surface area contributed by atoms with E-state index in [1.54, 1.807) is 18.0 Å². The lowest BCUT2D eigenvalue weighted by Gasteiger charge is -2.24. The summed E-state index contributed by atoms with van der Waals surface area (Å²) in [6.45, 7) is 4.88. The molecular weight excluding hydrogens is 448 g/mol. The molecule has 2 aliphatic rings. The summed E-state index contributed by atoms with van der Waals surface area (Å²) >= 11 is 0. The van der Waals surface area contributed by atoms with E-state index in [-0.39, 0.29) is 18.0 Å². The van der Waals surface area contributed by atoms with Crippen LogP contribution in [-0.4, -0.2) is 52.4 Å². The smallest absolute Gasteiger partial charge is 0.256 e. The van der Waals surface area contributed by atoms with Gasteiger partial charge in [0.25, 0.3) is 5.91 Å². The topological polar surface area (TPSA) is 86.4 Å². The minimum Gasteiger partial charge on any atom is -0.331 e. The zero-order valence-electron chi connectivity index (χ0n) is 20.9. The van der Waals surface area contributed by atoms with Gasteiger partial charge in [-0.2, -0.15) is 0 Å². The van der Waals surface area contributed by atoms with Gasteiger partial charge in [-0.1, -0.05) is 25.0 Å². The molecule has 0 saturated carbocycles. The van der Waals surface area contributed by atoms with Gasteiger partial charge in [0, 0.05) is 42.9 Å². The molecule has 7 heteroatoms. The van der Waals surface area contributed by atoms with E-state index in [2.05, 4.69) is 33.6 Å². The SMILES string of the molecule is CC#Cc1cccc2c1-n1c(nc3ccc(/C(C=N)=C/N=CC4CCCN4)cc31)C(CC)N(C)C2=O. The molecule has 3 aromatic rings. The largest absolute Gasteiger partial charge is 0.331 e. The van der Waals surface area contributed by atoms with Crippen molar-refractivity contribution in [3.63, 3.8) is 0 Å². The Bertz CT molecular complexity index is 1460. The molecule has 0 radical (unpaired) electrons. The maximum Gasteiger partial charge on any atom is 0.256 e. The molecule has 2 unspecified atom stereocenters. The van der Waals surface area contributed by atoms with Crippen molar-refractivity contribution in [1.29, 1.82) is 5.41 Å². The molecule has 5 rings (SSSR count). The number of hydrogen-bond acceptors (Lipinski definition) is 5. The number of aromatic nitrogens is 2. The van der Waals surface area contributed by atoms with Gasteiger partial charge in [-0.3, -0.25) is 14.4 Å². The third kappa shape index (κ3) is 4.04. The van der Waals surface area contributed by atoms with Crippen molar-refractivity contribution < 1.29 is 4.79 Å². The second-order valence-electron chi connectivity index (χ2n) is 9.16. The molecule has 0 aliphatic carbocycles. The Morgan fingerprint density at radius 3 is 2.92 bits per heavy atom. The summed E-state index contributed by atoms with van der Waals surface area (Å²) in [5, 5.41) is 11.4. The highest BCUT2D eigenvalue weighted by molar-refractivity contribution is 6.09. The molecule has 1 fully saturated rings. The average Bonchev–Trinajstić information content (AvgIpc) is 3.52. The van der Waals surface area contributed by atoms with Crippen LogP contribution in [0.5, 0.6) is 0 Å². The number of nitrogens with zero attached hydrogens (tertiary/aromatic N) is 4. The van der Waals surface area contributed by atoms with Gasteiger partial charge in [0.1, 0.15) is 5.82 Å². The Morgan fingerprint density at radius 2 is 2.19 bits per heavy atom. The average molecular weight is 479 g/mol. The summed E-state index contributed by atoms with van der Waals surface area (Å²) < 4.78 is 2.09. The number of benzene rings is 2. The molecule has 0 bridgehead atoms. The monoisotopic (exact) mass is 478 g/mol. The van der Waals surface area contributed by atoms with Crippen LogP contribution in [0.4, 0.5) is 0 Å². The molecule has 36 heavy (non-hydrogen) atoms. The Hall–Kier alpha value is -4.02. The molecule has 2 atom stereocenters. The summed E-state index contributed by atoms with van der Waals surface area (Å²) in [7, 11) is 1.84. The predicted molar refractivity (Wildman–Crippen MR) is 145 cm³/mol. The summed E-state index contributed by atoms with van der Waals surface area (Å²) in [4.78, 5) is 24.8. The van der Waals surface area contributed by atoms with Gasteiger partial charge in [-0.15, -0.1) is 5.92 Å². The molecule has 0 spiro atoms. The summed E-state index contributed by atoms with van der Waals surface area (Å²) in [5.41, 5.74) is 5.45. The van der Waals surface area contributed by atoms with Crippen LogP contribution in [0.3, 0.4) is 0 Å². The maximum absolute atomic E-state index is 13.5. The molecule has 2 aliphatic heterocycles. The van der Waals surface area contributed by atoms with E-state index in [9.17, 15) is 4.79 Å². The molecular formula is C29H30N6O. The van der Waals surface area contributed by atoms with Crippen molar-refractivity contribution in [2.45, 2.75) is 45.2 Å². The molecule has 2 N–H and O–H groups in total. The number of allylic oxidation sites excluding steroid dienone is 1. The van der Waals surface area contributed by atoms with Crippen LogP contribution in [0.2, 0.25) is 0 Å². The number of fused-ring (bicyclic) bond motifs is 5. The van der Waals surface area contributed by atoms with Gasteiger partial charge in [0.2, 0.25) is 0 Å². The number of carbonyl (C=O) groups excluding carboxylic acids is 1. The van der Waals surface area contributed by atoms with Crippen molar-refractivity contribution in [2.75, 3.05) is 13.6 Å². The minimum absolute atomic E-state index is 0.0404. The zero-order chi connectivity index (χ0) is 25.2. The van der Waals surface area contributed by atoms with Gasteiger partial charge < -0.3 is 15.6 Å². The first-order chi connectivity index (χ1) is 17.6. The number of aliphatic imine (C=N–C) groups is 1. The maximum atomic E-state index is 13.5. The molecule has 182 valence electrons. The van der Waals surface area contributed by atoms with Crippen LogP contribution >= 0.6 is 0 Å². The van der Waals surface area contributed by atoms with E-state index >= 15 is 0 Å². The second kappa shape index (κ2) is 9.92. The highest BCUT2D eigenvalue weighted by Crippen LogP contribution is 2.37. The second-order valence-corrected chi connectivity index (χ2v) is 9.16. The fourth-order valence-electron chi connectivity index (χ4n) is 5.15. The van der Waals surface area contributed by atoms with Crippen molar-refractivity contribution in [1.82, 2.24) is 19.8 Å². The highest BCUT2D eigenvalue weighted by atomic mass is 16.2. The zero-order valence-corrected chi connectivity index (χ0v) is 20.9. The van der Waals surface area contributed by atoms with Crippen LogP contribution in [0.1, 0.15) is 66.5 Å². The van der Waals surface area contributed by atoms with Crippen molar-refractivity contribution >= 4 is 34.9 Å². The minimum atomic E-state index is -0.176. The van der Waals surface area contributed by atoms with Gasteiger partial charge in [-0.25, -0.2) is 4.98 Å². The van der Waals surface area contributed by atoms with Gasteiger partial charge in [-0.05, 0) is 62.6 Å². The normalized spacial score (nSPS) is 19.7. The van der Waals surface area contributed by atoms with Crippen molar-refractivity contribution in [3.05, 3.63) is 65.1 Å². The third-order valence-corrected chi connectivity index (χ3v) is 6.97. The quantitative estimate of drug-likeness (QED) is 0.410. The Balaban J connectivity index is 1.72. The number of imidazole rings is 1. The van der Waals surface area contributed by atoms with E-state index < -0.39 is 0 Å². The molecule has 3 heterocycles. The summed E-state index contributed by atoms with van der Waals surface area (Å²) in [6.07, 6.45) is 7.95. The Labute approximate surface area is 211 Å². The first kappa shape index (κ1) is 23.7. The van der Waals surface area contributed by atoms with E-state index in [1.165, 1.54) is 6.21 Å². The molecule has 1 aromatic heterocycles. The van der Waals surface area contributed by atoms with Crippen LogP contribution < -0.4 is 5.32 Å². The fraction of sp³-hybridized carbons (Fsp3) is 0.310. The fourth-order valence-corrected chi connectivity index (χ4v) is 5.15. The predicted octanol–water partition coefficient (Wildman–Crippen LogP) is 4.75. The van der Waals surface area contributed by atoms with Gasteiger partial charge >= 0.3 is 0 Å². The van der Waals surface area contributed by atoms with E-state index in [1.807, 2.05) is 49.7 Å². The Morgan fingerprint density at radius 1 is 1.33 bits per heavy atom. The van der Waals surface area contributed by atoms with E-state index in [0.29, 0.717) is 11.1 Å². The number of rotatable bonds is 5. The first-order valence-electron chi connectivity index (χ1n) is 12.4. The summed E-state index contributed by atoms with van der Waals surface area (Å²) in [5.74, 6) is 6.96. The first-order valence-corrected chi connectivity index (χ1v) is 12.4. The van der Waals surface area contributed by atoms with Gasteiger partial charge in [0.05, 0.1) is 28.3 Å². The molecule has 2 aromatic carbocycles. The number of nitrogens with one attached hydrogen (secondary N) is 2. The lowest BCUT2D eigenvalue weighted by Crippen LogP contribution is -2.30. The standard InChI is InChI=1S/C29H30N6O/c1-4-8-19-9-6-11-23-27(19)35-26-15-20(21(16-30)17-31-18-22-10-7-14-32-22)12-13-24(26)33-28(35)25(5-2)34(3)29(23)36/h6,9,11-13,15-18,22,25,30,32H,5,7,10,14H2,1-3H3/b21-17+,30-16?,31-18?. The molecule has 1 amide bonds. The van der Waals surface area contributed by atoms with Gasteiger partial charge in [0.15, 0.2) is 0 Å². The van der Waals surface area contributed by atoms with Crippen LogP contribution in [-0.2, 0) is 0 Å².